The summed E-state index contributed by atoms with van der Waals surface area (Å²) in [5.41, 5.74) is 2.17. The van der Waals surface area contributed by atoms with Gasteiger partial charge >= 0.3 is 12.1 Å². The summed E-state index contributed by atoms with van der Waals surface area (Å²) in [5, 5.41) is 15.1. The molecule has 0 bridgehead atoms. The number of hydrogen-bond donors (Lipinski definition) is 3. The van der Waals surface area contributed by atoms with Gasteiger partial charge in [-0.05, 0) is 81.3 Å². The number of carbonyl (C=O) groups excluding carboxylic acids is 4. The quantitative estimate of drug-likeness (QED) is 0.373. The monoisotopic (exact) mass is 567 g/mol. The topological polar surface area (TPSA) is 134 Å². The lowest BCUT2D eigenvalue weighted by molar-refractivity contribution is -0.145. The number of aryl methyl sites for hydroxylation is 2. The van der Waals surface area contributed by atoms with E-state index in [4.69, 9.17) is 9.47 Å². The Morgan fingerprint density at radius 3 is 2.15 bits per heavy atom. The van der Waals surface area contributed by atoms with E-state index in [2.05, 4.69) is 10.6 Å². The summed E-state index contributed by atoms with van der Waals surface area (Å²) in [7, 11) is 1.23. The van der Waals surface area contributed by atoms with Crippen molar-refractivity contribution in [3.05, 3.63) is 64.7 Å². The van der Waals surface area contributed by atoms with Crippen molar-refractivity contribution in [1.82, 2.24) is 15.5 Å². The fourth-order valence-electron chi connectivity index (χ4n) is 4.85. The van der Waals surface area contributed by atoms with E-state index in [0.717, 1.165) is 11.1 Å². The number of rotatable bonds is 10. The molecule has 1 saturated carbocycles. The molecule has 222 valence electrons. The molecule has 4 atom stereocenters. The summed E-state index contributed by atoms with van der Waals surface area (Å²) in [6.07, 6.45) is 0.00635. The molecular formula is C31H41N3O7. The largest absolute Gasteiger partial charge is 0.508 e. The van der Waals surface area contributed by atoms with Crippen LogP contribution in [0.2, 0.25) is 0 Å². The lowest BCUT2D eigenvalue weighted by atomic mass is 9.93. The van der Waals surface area contributed by atoms with Gasteiger partial charge < -0.3 is 30.1 Å². The second kappa shape index (κ2) is 13.1. The van der Waals surface area contributed by atoms with Crippen molar-refractivity contribution in [1.29, 1.82) is 0 Å². The van der Waals surface area contributed by atoms with Crippen LogP contribution < -0.4 is 10.6 Å². The van der Waals surface area contributed by atoms with Gasteiger partial charge in [0.15, 0.2) is 0 Å². The van der Waals surface area contributed by atoms with Gasteiger partial charge in [0.1, 0.15) is 30.0 Å². The molecule has 10 nitrogen and oxygen atoms in total. The van der Waals surface area contributed by atoms with Gasteiger partial charge in [-0.1, -0.05) is 37.3 Å². The summed E-state index contributed by atoms with van der Waals surface area (Å²) in [4.78, 5) is 54.7. The van der Waals surface area contributed by atoms with Gasteiger partial charge in [-0.3, -0.25) is 14.4 Å². The first-order valence-electron chi connectivity index (χ1n) is 13.7. The number of hydrogen-bond acceptors (Lipinski definition) is 7. The van der Waals surface area contributed by atoms with Gasteiger partial charge in [-0.15, -0.1) is 0 Å². The van der Waals surface area contributed by atoms with Crippen molar-refractivity contribution in [3.8, 4) is 5.75 Å². The molecule has 3 rings (SSSR count). The first kappa shape index (κ1) is 31.4. The Kier molecular flexibility index (Phi) is 10.0. The number of ether oxygens (including phenoxy) is 2. The van der Waals surface area contributed by atoms with Crippen LogP contribution in [-0.4, -0.2) is 65.2 Å². The summed E-state index contributed by atoms with van der Waals surface area (Å²) in [5.74, 6) is -1.41. The number of phenolic OH excluding ortho intramolecular Hbond substituents is 1. The van der Waals surface area contributed by atoms with Crippen LogP contribution in [0, 0.1) is 19.8 Å². The zero-order valence-corrected chi connectivity index (χ0v) is 24.8. The van der Waals surface area contributed by atoms with E-state index in [9.17, 15) is 24.3 Å². The predicted molar refractivity (Wildman–Crippen MR) is 153 cm³/mol. The van der Waals surface area contributed by atoms with Crippen LogP contribution in [0.1, 0.15) is 62.4 Å². The molecule has 0 radical (unpaired) electrons. The second-order valence-corrected chi connectivity index (χ2v) is 11.6. The third-order valence-electron chi connectivity index (χ3n) is 7.02. The molecule has 3 amide bonds. The van der Waals surface area contributed by atoms with E-state index >= 15 is 0 Å². The second-order valence-electron chi connectivity index (χ2n) is 11.6. The lowest BCUT2D eigenvalue weighted by Crippen LogP contribution is -2.55. The highest BCUT2D eigenvalue weighted by Gasteiger charge is 2.48. The first-order valence-corrected chi connectivity index (χ1v) is 13.7. The van der Waals surface area contributed by atoms with Crippen LogP contribution in [-0.2, 0) is 30.3 Å². The zero-order valence-electron chi connectivity index (χ0n) is 24.8. The fraction of sp³-hybridized carbons (Fsp3) is 0.484. The molecule has 1 fully saturated rings. The maximum absolute atomic E-state index is 14.5. The maximum Gasteiger partial charge on any atom is 0.408 e. The van der Waals surface area contributed by atoms with Crippen LogP contribution >= 0.6 is 0 Å². The molecule has 0 aromatic heterocycles. The smallest absolute Gasteiger partial charge is 0.408 e. The molecule has 0 saturated heterocycles. The molecule has 0 heterocycles. The van der Waals surface area contributed by atoms with Gasteiger partial charge in [0.25, 0.3) is 0 Å². The molecule has 1 aliphatic rings. The highest BCUT2D eigenvalue weighted by molar-refractivity contribution is 5.94. The highest BCUT2D eigenvalue weighted by atomic mass is 16.6. The van der Waals surface area contributed by atoms with Gasteiger partial charge in [-0.2, -0.15) is 0 Å². The molecule has 4 unspecified atom stereocenters. The molecular weight excluding hydrogens is 526 g/mol. The molecule has 0 spiro atoms. The van der Waals surface area contributed by atoms with Crippen molar-refractivity contribution in [2.24, 2.45) is 5.92 Å². The molecule has 10 heteroatoms. The minimum Gasteiger partial charge on any atom is -0.508 e. The Balaban J connectivity index is 2.08. The van der Waals surface area contributed by atoms with E-state index in [-0.39, 0.29) is 30.7 Å². The normalized spacial score (nSPS) is 17.5. The summed E-state index contributed by atoms with van der Waals surface area (Å²) in [6.45, 7) is 10.6. The SMILES string of the molecule is COC(=O)CNC(=O)C(c1c(C)cccc1C)N(C(=O)C(Cc1ccc(O)cc1)NC(=O)OC(C)(C)C)C1CC1C. The van der Waals surface area contributed by atoms with E-state index < -0.39 is 41.6 Å². The van der Waals surface area contributed by atoms with Gasteiger partial charge in [0.05, 0.1) is 7.11 Å². The Hall–Kier alpha value is -4.08. The zero-order chi connectivity index (χ0) is 30.5. The molecule has 2 aromatic rings. The van der Waals surface area contributed by atoms with E-state index in [1.165, 1.54) is 19.2 Å². The number of esters is 1. The number of aromatic hydroxyl groups is 1. The summed E-state index contributed by atoms with van der Waals surface area (Å²) < 4.78 is 10.2. The van der Waals surface area contributed by atoms with Crippen LogP contribution in [0.3, 0.4) is 0 Å². The molecule has 1 aliphatic carbocycles. The van der Waals surface area contributed by atoms with Gasteiger partial charge in [0.2, 0.25) is 11.8 Å². The van der Waals surface area contributed by atoms with Crippen molar-refractivity contribution in [2.75, 3.05) is 13.7 Å². The third kappa shape index (κ3) is 8.45. The summed E-state index contributed by atoms with van der Waals surface area (Å²) >= 11 is 0. The maximum atomic E-state index is 14.5. The van der Waals surface area contributed by atoms with Crippen molar-refractivity contribution in [3.63, 3.8) is 0 Å². The average molecular weight is 568 g/mol. The Labute approximate surface area is 241 Å². The predicted octanol–water partition coefficient (Wildman–Crippen LogP) is 3.71. The number of nitrogens with one attached hydrogen (secondary N) is 2. The Morgan fingerprint density at radius 1 is 1.05 bits per heavy atom. The van der Waals surface area contributed by atoms with Crippen molar-refractivity contribution in [2.45, 2.75) is 78.1 Å². The fourth-order valence-corrected chi connectivity index (χ4v) is 4.85. The number of alkyl carbamates (subject to hydrolysis) is 1. The number of methoxy groups -OCH3 is 1. The van der Waals surface area contributed by atoms with Gasteiger partial charge in [0, 0.05) is 12.5 Å². The van der Waals surface area contributed by atoms with E-state index in [0.29, 0.717) is 17.5 Å². The molecule has 0 aliphatic heterocycles. The Morgan fingerprint density at radius 2 is 1.63 bits per heavy atom. The minimum absolute atomic E-state index is 0.0718. The number of amides is 3. The Bertz CT molecular complexity index is 1250. The van der Waals surface area contributed by atoms with E-state index in [1.54, 1.807) is 37.8 Å². The molecule has 2 aromatic carbocycles. The standard InChI is InChI=1S/C31H41N3O7/c1-18-9-8-10-19(2)26(18)27(28(37)32-17-25(36)40-7)34(24-15-20(24)3)29(38)23(33-30(39)41-31(4,5)6)16-21-11-13-22(35)14-12-21/h8-14,20,23-24,27,35H,15-17H2,1-7H3,(H,32,37)(H,33,39). The number of benzene rings is 2. The van der Waals surface area contributed by atoms with E-state index in [1.807, 2.05) is 39.0 Å². The average Bonchev–Trinajstić information content (AvgIpc) is 3.61. The van der Waals surface area contributed by atoms with Crippen molar-refractivity contribution < 1.29 is 33.8 Å². The summed E-state index contributed by atoms with van der Waals surface area (Å²) in [6, 6.07) is 9.55. The third-order valence-corrected chi connectivity index (χ3v) is 7.02. The first-order chi connectivity index (χ1) is 19.2. The lowest BCUT2D eigenvalue weighted by Gasteiger charge is -2.36. The van der Waals surface area contributed by atoms with Crippen LogP contribution in [0.4, 0.5) is 4.79 Å². The van der Waals surface area contributed by atoms with Gasteiger partial charge in [-0.25, -0.2) is 4.79 Å². The number of nitrogens with zero attached hydrogens (tertiary/aromatic N) is 1. The minimum atomic E-state index is -1.08. The van der Waals surface area contributed by atoms with Crippen LogP contribution in [0.5, 0.6) is 5.75 Å². The molecule has 41 heavy (non-hydrogen) atoms. The molecule has 3 N–H and O–H groups in total. The highest BCUT2D eigenvalue weighted by Crippen LogP contribution is 2.42. The number of phenols is 1. The van der Waals surface area contributed by atoms with Crippen LogP contribution in [0.25, 0.3) is 0 Å². The van der Waals surface area contributed by atoms with Crippen LogP contribution in [0.15, 0.2) is 42.5 Å². The number of carbonyl (C=O) groups is 4. The van der Waals surface area contributed by atoms with Crippen molar-refractivity contribution >= 4 is 23.9 Å².